The van der Waals surface area contributed by atoms with Crippen molar-refractivity contribution in [1.29, 1.82) is 0 Å². The number of likely N-dealkylation sites (N-methyl/N-ethyl adjacent to an activating group) is 1. The number of rotatable bonds is 13. The molecule has 0 aliphatic rings. The van der Waals surface area contributed by atoms with Gasteiger partial charge in [0.1, 0.15) is 6.61 Å². The Morgan fingerprint density at radius 1 is 1.29 bits per heavy atom. The first-order chi connectivity index (χ1) is 11.2. The van der Waals surface area contributed by atoms with E-state index < -0.39 is 32.5 Å². The summed E-state index contributed by atoms with van der Waals surface area (Å²) in [4.78, 5) is 35.9. The zero-order valence-electron chi connectivity index (χ0n) is 14.3. The number of nitrogens with zero attached hydrogens (tertiary/aromatic N) is 1. The summed E-state index contributed by atoms with van der Waals surface area (Å²) < 4.78 is 30.7. The van der Waals surface area contributed by atoms with Crippen molar-refractivity contribution in [1.82, 2.24) is 4.90 Å². The molecule has 2 unspecified atom stereocenters. The summed E-state index contributed by atoms with van der Waals surface area (Å²) in [7, 11) is -2.74. The number of esters is 2. The second-order valence-corrected chi connectivity index (χ2v) is 6.18. The van der Waals surface area contributed by atoms with Crippen LogP contribution in [0, 0.1) is 0 Å². The van der Waals surface area contributed by atoms with E-state index in [1.54, 1.807) is 6.92 Å². The van der Waals surface area contributed by atoms with Crippen LogP contribution in [0.1, 0.15) is 20.3 Å². The van der Waals surface area contributed by atoms with Crippen molar-refractivity contribution in [2.75, 3.05) is 40.0 Å². The number of carbonyl (C=O) groups excluding carboxylic acids is 2. The summed E-state index contributed by atoms with van der Waals surface area (Å²) in [5.74, 6) is -1.30. The highest BCUT2D eigenvalue weighted by Crippen LogP contribution is 2.38. The molecule has 0 aromatic heterocycles. The lowest BCUT2D eigenvalue weighted by molar-refractivity contribution is -0.228. The molecule has 0 aromatic carbocycles. The third-order valence-electron chi connectivity index (χ3n) is 2.85. The van der Waals surface area contributed by atoms with Crippen LogP contribution in [0.2, 0.25) is 0 Å². The zero-order valence-corrected chi connectivity index (χ0v) is 15.2. The van der Waals surface area contributed by atoms with Gasteiger partial charge in [-0.25, -0.2) is 4.79 Å². The number of phosphoric ester groups is 1. The molecule has 0 saturated carbocycles. The van der Waals surface area contributed by atoms with Crippen LogP contribution in [0.3, 0.4) is 0 Å². The van der Waals surface area contributed by atoms with Gasteiger partial charge in [0.2, 0.25) is 0 Å². The Morgan fingerprint density at radius 2 is 1.96 bits per heavy atom. The predicted octanol–water partition coefficient (Wildman–Crippen LogP) is 0.491. The second kappa shape index (κ2) is 12.2. The molecule has 0 spiro atoms. The van der Waals surface area contributed by atoms with Gasteiger partial charge in [0.15, 0.2) is 6.10 Å². The molecule has 2 atom stereocenters. The van der Waals surface area contributed by atoms with E-state index in [2.05, 4.69) is 11.1 Å². The topological polar surface area (TPSA) is 114 Å². The van der Waals surface area contributed by atoms with E-state index in [1.807, 2.05) is 18.9 Å². The van der Waals surface area contributed by atoms with E-state index in [-0.39, 0.29) is 19.6 Å². The fraction of sp³-hybridized carbons (Fsp3) is 0.714. The number of phosphoric acid groups is 1. The van der Waals surface area contributed by atoms with Gasteiger partial charge in [-0.1, -0.05) is 20.4 Å². The maximum absolute atomic E-state index is 11.7. The van der Waals surface area contributed by atoms with E-state index >= 15 is 0 Å². The maximum Gasteiger partial charge on any atom is 0.330 e. The lowest BCUT2D eigenvalue weighted by Gasteiger charge is -2.26. The molecule has 0 amide bonds. The van der Waals surface area contributed by atoms with Crippen molar-refractivity contribution in [2.45, 2.75) is 26.4 Å². The van der Waals surface area contributed by atoms with Crippen LogP contribution in [0.4, 0.5) is 0 Å². The third-order valence-corrected chi connectivity index (χ3v) is 3.81. The third kappa shape index (κ3) is 11.3. The fourth-order valence-corrected chi connectivity index (χ4v) is 2.02. The molecular formula is C14H25NO8P-. The maximum atomic E-state index is 11.7. The summed E-state index contributed by atoms with van der Waals surface area (Å²) in [6.45, 7) is 6.98. The fourth-order valence-electron chi connectivity index (χ4n) is 1.29. The Kier molecular flexibility index (Phi) is 11.5. The molecule has 0 bridgehead atoms. The molecule has 0 rings (SSSR count). The quantitative estimate of drug-likeness (QED) is 0.261. The van der Waals surface area contributed by atoms with Gasteiger partial charge < -0.3 is 28.3 Å². The van der Waals surface area contributed by atoms with Gasteiger partial charge in [-0.15, -0.1) is 0 Å². The second-order valence-electron chi connectivity index (χ2n) is 4.77. The van der Waals surface area contributed by atoms with Crippen LogP contribution in [-0.4, -0.2) is 62.9 Å². The molecule has 9 nitrogen and oxygen atoms in total. The van der Waals surface area contributed by atoms with Crippen molar-refractivity contribution in [2.24, 2.45) is 0 Å². The SMILES string of the molecule is C=CC(=O)OC(COC(=O)CC)COP(=O)([O-])OCCN(C)CC. The summed E-state index contributed by atoms with van der Waals surface area (Å²) in [5.41, 5.74) is 0. The first kappa shape index (κ1) is 22.8. The average Bonchev–Trinajstić information content (AvgIpc) is 2.56. The first-order valence-corrected chi connectivity index (χ1v) is 8.97. The smallest absolute Gasteiger partial charge is 0.330 e. The first-order valence-electron chi connectivity index (χ1n) is 7.51. The highest BCUT2D eigenvalue weighted by Gasteiger charge is 2.19. The highest BCUT2D eigenvalue weighted by atomic mass is 31.2. The number of hydrogen-bond acceptors (Lipinski definition) is 9. The minimum atomic E-state index is -4.55. The van der Waals surface area contributed by atoms with Gasteiger partial charge in [-0.2, -0.15) is 0 Å². The van der Waals surface area contributed by atoms with Crippen molar-refractivity contribution in [3.63, 3.8) is 0 Å². The standard InChI is InChI=1S/C14H26NO8P/c1-5-13(16)20-10-12(23-14(17)6-2)11-22-24(18,19)21-9-8-15(4)7-3/h6,12H,2,5,7-11H2,1,3-4H3,(H,18,19)/p-1. The van der Waals surface area contributed by atoms with Gasteiger partial charge in [-0.05, 0) is 13.6 Å². The lowest BCUT2D eigenvalue weighted by atomic mass is 10.4. The molecule has 0 heterocycles. The molecule has 0 saturated heterocycles. The summed E-state index contributed by atoms with van der Waals surface area (Å²) in [6.07, 6.45) is -0.0465. The normalized spacial score (nSPS) is 14.7. The van der Waals surface area contributed by atoms with Crippen molar-refractivity contribution in [3.8, 4) is 0 Å². The van der Waals surface area contributed by atoms with Gasteiger partial charge in [0, 0.05) is 19.0 Å². The molecule has 0 N–H and O–H groups in total. The van der Waals surface area contributed by atoms with Crippen molar-refractivity contribution < 1.29 is 37.6 Å². The van der Waals surface area contributed by atoms with E-state index in [4.69, 9.17) is 14.0 Å². The Hall–Kier alpha value is -1.25. The lowest BCUT2D eigenvalue weighted by Crippen LogP contribution is -2.30. The van der Waals surface area contributed by atoms with Gasteiger partial charge in [0.25, 0.3) is 7.82 Å². The molecule has 0 aliphatic heterocycles. The van der Waals surface area contributed by atoms with Crippen LogP contribution in [0.25, 0.3) is 0 Å². The Balaban J connectivity index is 4.43. The highest BCUT2D eigenvalue weighted by molar-refractivity contribution is 7.45. The molecule has 10 heteroatoms. The summed E-state index contributed by atoms with van der Waals surface area (Å²) in [6, 6.07) is 0. The molecule has 0 aromatic rings. The van der Waals surface area contributed by atoms with E-state index in [1.165, 1.54) is 0 Å². The largest absolute Gasteiger partial charge is 0.756 e. The molecule has 0 radical (unpaired) electrons. The van der Waals surface area contributed by atoms with Gasteiger partial charge >= 0.3 is 11.9 Å². The van der Waals surface area contributed by atoms with Crippen molar-refractivity contribution >= 4 is 19.8 Å². The minimum absolute atomic E-state index is 0.0624. The molecule has 0 fully saturated rings. The number of ether oxygens (including phenoxy) is 2. The molecule has 0 aliphatic carbocycles. The summed E-state index contributed by atoms with van der Waals surface area (Å²) >= 11 is 0. The zero-order chi connectivity index (χ0) is 18.6. The Morgan fingerprint density at radius 3 is 2.50 bits per heavy atom. The molecule has 140 valence electrons. The van der Waals surface area contributed by atoms with E-state index in [0.29, 0.717) is 6.54 Å². The summed E-state index contributed by atoms with van der Waals surface area (Å²) in [5, 5.41) is 0. The average molecular weight is 366 g/mol. The Labute approximate surface area is 142 Å². The predicted molar refractivity (Wildman–Crippen MR) is 84.0 cm³/mol. The van der Waals surface area contributed by atoms with Gasteiger partial charge in [0.05, 0.1) is 13.2 Å². The van der Waals surface area contributed by atoms with Crippen molar-refractivity contribution in [3.05, 3.63) is 12.7 Å². The minimum Gasteiger partial charge on any atom is -0.756 e. The number of carbonyl (C=O) groups is 2. The van der Waals surface area contributed by atoms with Crippen LogP contribution >= 0.6 is 7.82 Å². The van der Waals surface area contributed by atoms with E-state index in [9.17, 15) is 19.0 Å². The van der Waals surface area contributed by atoms with Crippen LogP contribution < -0.4 is 4.89 Å². The van der Waals surface area contributed by atoms with E-state index in [0.717, 1.165) is 12.6 Å². The van der Waals surface area contributed by atoms with Crippen LogP contribution in [-0.2, 0) is 32.7 Å². The molecular weight excluding hydrogens is 341 g/mol. The molecule has 24 heavy (non-hydrogen) atoms. The monoisotopic (exact) mass is 366 g/mol. The van der Waals surface area contributed by atoms with Crippen LogP contribution in [0.15, 0.2) is 12.7 Å². The Bertz CT molecular complexity index is 456. The van der Waals surface area contributed by atoms with Gasteiger partial charge in [-0.3, -0.25) is 9.36 Å². The van der Waals surface area contributed by atoms with Crippen LogP contribution in [0.5, 0.6) is 0 Å². The number of hydrogen-bond donors (Lipinski definition) is 0.